The first-order chi connectivity index (χ1) is 13.0. The molecule has 2 atom stereocenters. The molecule has 0 saturated carbocycles. The van der Waals surface area contributed by atoms with Crippen LogP contribution in [0.2, 0.25) is 0 Å². The van der Waals surface area contributed by atoms with Gasteiger partial charge >= 0.3 is 5.97 Å². The van der Waals surface area contributed by atoms with E-state index >= 15 is 0 Å². The Morgan fingerprint density at radius 3 is 2.56 bits per heavy atom. The first kappa shape index (κ1) is 17.7. The maximum Gasteiger partial charge on any atom is 0.330 e. The van der Waals surface area contributed by atoms with Crippen LogP contribution in [0.3, 0.4) is 0 Å². The summed E-state index contributed by atoms with van der Waals surface area (Å²) < 4.78 is 1.10. The minimum absolute atomic E-state index is 0.0358. The van der Waals surface area contributed by atoms with E-state index in [0.29, 0.717) is 13.0 Å². The van der Waals surface area contributed by atoms with Gasteiger partial charge in [-0.15, -0.1) is 11.3 Å². The molecule has 138 valence electrons. The van der Waals surface area contributed by atoms with Crippen molar-refractivity contribution in [3.63, 3.8) is 0 Å². The highest BCUT2D eigenvalue weighted by Gasteiger charge is 2.56. The van der Waals surface area contributed by atoms with E-state index in [-0.39, 0.29) is 5.78 Å². The zero-order valence-electron chi connectivity index (χ0n) is 15.3. The van der Waals surface area contributed by atoms with E-state index in [4.69, 9.17) is 0 Å². The van der Waals surface area contributed by atoms with Crippen LogP contribution in [-0.4, -0.2) is 22.4 Å². The Morgan fingerprint density at radius 2 is 1.89 bits per heavy atom. The number of benzene rings is 2. The van der Waals surface area contributed by atoms with Gasteiger partial charge in [-0.2, -0.15) is 0 Å². The highest BCUT2D eigenvalue weighted by molar-refractivity contribution is 7.17. The number of rotatable bonds is 5. The molecule has 4 rings (SSSR count). The van der Waals surface area contributed by atoms with E-state index < -0.39 is 17.4 Å². The van der Waals surface area contributed by atoms with Crippen LogP contribution in [0.15, 0.2) is 53.9 Å². The van der Waals surface area contributed by atoms with Crippen LogP contribution >= 0.6 is 11.3 Å². The van der Waals surface area contributed by atoms with Gasteiger partial charge in [0.2, 0.25) is 0 Å². The third-order valence-corrected chi connectivity index (χ3v) is 6.51. The summed E-state index contributed by atoms with van der Waals surface area (Å²) in [5.41, 5.74) is 1.41. The molecule has 1 aliphatic heterocycles. The van der Waals surface area contributed by atoms with Crippen LogP contribution in [-0.2, 0) is 16.1 Å². The zero-order valence-corrected chi connectivity index (χ0v) is 16.1. The molecule has 5 heteroatoms. The van der Waals surface area contributed by atoms with Crippen LogP contribution < -0.4 is 4.90 Å². The number of anilines is 1. The van der Waals surface area contributed by atoms with Crippen molar-refractivity contribution in [1.82, 2.24) is 0 Å². The lowest BCUT2D eigenvalue weighted by Gasteiger charge is -2.37. The molecule has 0 fully saturated rings. The van der Waals surface area contributed by atoms with E-state index in [2.05, 4.69) is 0 Å². The van der Waals surface area contributed by atoms with Crippen molar-refractivity contribution in [2.75, 3.05) is 4.90 Å². The highest BCUT2D eigenvalue weighted by Crippen LogP contribution is 2.52. The third-order valence-electron chi connectivity index (χ3n) is 5.63. The molecular formula is C22H21NO3S. The maximum atomic E-state index is 12.9. The molecule has 0 saturated heterocycles. The lowest BCUT2D eigenvalue weighted by atomic mass is 9.79. The number of carbonyl (C=O) groups excluding carboxylic acids is 1. The number of carboxylic acid groups (broad SMARTS) is 1. The molecule has 0 radical (unpaired) electrons. The highest BCUT2D eigenvalue weighted by atomic mass is 32.1. The van der Waals surface area contributed by atoms with Crippen LogP contribution in [0.5, 0.6) is 0 Å². The molecule has 2 unspecified atom stereocenters. The SMILES string of the molecule is CCC(=O)C1c2ccc3sccc3c2N(Cc2ccccc2)C1(C)C(=O)O. The smallest absolute Gasteiger partial charge is 0.330 e. The Morgan fingerprint density at radius 1 is 1.15 bits per heavy atom. The van der Waals surface area contributed by atoms with Crippen molar-refractivity contribution >= 4 is 38.9 Å². The van der Waals surface area contributed by atoms with Gasteiger partial charge < -0.3 is 10.0 Å². The lowest BCUT2D eigenvalue weighted by molar-refractivity contribution is -0.145. The van der Waals surface area contributed by atoms with Gasteiger partial charge in [-0.25, -0.2) is 4.79 Å². The van der Waals surface area contributed by atoms with Gasteiger partial charge in [-0.1, -0.05) is 43.3 Å². The molecule has 2 heterocycles. The first-order valence-electron chi connectivity index (χ1n) is 9.06. The van der Waals surface area contributed by atoms with Gasteiger partial charge in [0.25, 0.3) is 0 Å². The van der Waals surface area contributed by atoms with Gasteiger partial charge in [0.15, 0.2) is 0 Å². The summed E-state index contributed by atoms with van der Waals surface area (Å²) in [5, 5.41) is 13.3. The summed E-state index contributed by atoms with van der Waals surface area (Å²) >= 11 is 1.63. The van der Waals surface area contributed by atoms with Crippen molar-refractivity contribution in [3.05, 3.63) is 65.0 Å². The molecular weight excluding hydrogens is 358 g/mol. The fourth-order valence-electron chi connectivity index (χ4n) is 4.21. The van der Waals surface area contributed by atoms with Crippen molar-refractivity contribution in [2.45, 2.75) is 38.3 Å². The van der Waals surface area contributed by atoms with Gasteiger partial charge in [-0.05, 0) is 35.6 Å². The standard InChI is InChI=1S/C22H21NO3S/c1-3-17(24)19-16-9-10-18-15(11-12-27-18)20(16)23(22(19,2)21(25)26)13-14-7-5-4-6-8-14/h4-12,19H,3,13H2,1-2H3,(H,25,26). The predicted molar refractivity (Wildman–Crippen MR) is 109 cm³/mol. The summed E-state index contributed by atoms with van der Waals surface area (Å²) in [6, 6.07) is 15.8. The zero-order chi connectivity index (χ0) is 19.2. The predicted octanol–water partition coefficient (Wildman–Crippen LogP) is 4.83. The Kier molecular flexibility index (Phi) is 4.27. The van der Waals surface area contributed by atoms with Gasteiger partial charge in [0.05, 0.1) is 11.6 Å². The van der Waals surface area contributed by atoms with E-state index in [1.807, 2.05) is 58.8 Å². The molecule has 4 nitrogen and oxygen atoms in total. The second-order valence-corrected chi connectivity index (χ2v) is 8.06. The molecule has 1 N–H and O–H groups in total. The minimum atomic E-state index is -1.32. The molecule has 0 spiro atoms. The summed E-state index contributed by atoms with van der Waals surface area (Å²) in [6.45, 7) is 3.93. The number of hydrogen-bond donors (Lipinski definition) is 1. The largest absolute Gasteiger partial charge is 0.479 e. The number of fused-ring (bicyclic) bond motifs is 3. The minimum Gasteiger partial charge on any atom is -0.479 e. The molecule has 0 amide bonds. The van der Waals surface area contributed by atoms with Crippen LogP contribution in [0, 0.1) is 0 Å². The third kappa shape index (κ3) is 2.57. The summed E-state index contributed by atoms with van der Waals surface area (Å²) in [6.07, 6.45) is 0.313. The van der Waals surface area contributed by atoms with Crippen LogP contribution in [0.1, 0.15) is 37.3 Å². The molecule has 27 heavy (non-hydrogen) atoms. The van der Waals surface area contributed by atoms with Gasteiger partial charge in [0, 0.05) is 23.1 Å². The number of carboxylic acids is 1. The average Bonchev–Trinajstić information content (AvgIpc) is 3.24. The molecule has 2 aromatic carbocycles. The van der Waals surface area contributed by atoms with Gasteiger partial charge in [0.1, 0.15) is 11.3 Å². The molecule has 0 aliphatic carbocycles. The Labute approximate surface area is 162 Å². The van der Waals surface area contributed by atoms with E-state index in [1.54, 1.807) is 25.2 Å². The molecule has 1 aliphatic rings. The summed E-state index contributed by atoms with van der Waals surface area (Å²) in [7, 11) is 0. The number of Topliss-reactive ketones (excluding diaryl/α,β-unsaturated/α-hetero) is 1. The lowest BCUT2D eigenvalue weighted by Crippen LogP contribution is -2.54. The monoisotopic (exact) mass is 379 g/mol. The van der Waals surface area contributed by atoms with Crippen molar-refractivity contribution in [2.24, 2.45) is 0 Å². The Hall–Kier alpha value is -2.66. The van der Waals surface area contributed by atoms with E-state index in [0.717, 1.165) is 26.9 Å². The van der Waals surface area contributed by atoms with Crippen LogP contribution in [0.25, 0.3) is 10.1 Å². The number of hydrogen-bond acceptors (Lipinski definition) is 4. The van der Waals surface area contributed by atoms with Gasteiger partial charge in [-0.3, -0.25) is 4.79 Å². The number of carbonyl (C=O) groups is 2. The number of nitrogens with zero attached hydrogens (tertiary/aromatic N) is 1. The topological polar surface area (TPSA) is 57.6 Å². The Bertz CT molecular complexity index is 1030. The second-order valence-electron chi connectivity index (χ2n) is 7.11. The van der Waals surface area contributed by atoms with Crippen LogP contribution in [0.4, 0.5) is 5.69 Å². The Balaban J connectivity index is 1.98. The van der Waals surface area contributed by atoms with E-state index in [9.17, 15) is 14.7 Å². The average molecular weight is 379 g/mol. The van der Waals surface area contributed by atoms with E-state index in [1.165, 1.54) is 0 Å². The molecule has 1 aromatic heterocycles. The normalized spacial score (nSPS) is 21.4. The maximum absolute atomic E-state index is 12.9. The fourth-order valence-corrected chi connectivity index (χ4v) is 5.00. The quantitative estimate of drug-likeness (QED) is 0.690. The summed E-state index contributed by atoms with van der Waals surface area (Å²) in [4.78, 5) is 27.3. The molecule has 3 aromatic rings. The second kappa shape index (κ2) is 6.50. The van der Waals surface area contributed by atoms with Crippen molar-refractivity contribution in [3.8, 4) is 0 Å². The fraction of sp³-hybridized carbons (Fsp3) is 0.273. The number of aliphatic carboxylic acids is 1. The summed E-state index contributed by atoms with van der Waals surface area (Å²) in [5.74, 6) is -1.68. The molecule has 0 bridgehead atoms. The van der Waals surface area contributed by atoms with Crippen molar-refractivity contribution < 1.29 is 14.7 Å². The first-order valence-corrected chi connectivity index (χ1v) is 9.94. The number of thiophene rings is 1. The van der Waals surface area contributed by atoms with Crippen molar-refractivity contribution in [1.29, 1.82) is 0 Å². The number of ketones is 1.